The van der Waals surface area contributed by atoms with Gasteiger partial charge in [0, 0.05) is 154 Å². The molecule has 1 spiro atoms. The molecular formula is C97H115F8N35O9. The lowest BCUT2D eigenvalue weighted by Gasteiger charge is -2.55. The van der Waals surface area contributed by atoms with E-state index >= 15 is 8.78 Å². The summed E-state index contributed by atoms with van der Waals surface area (Å²) in [4.78, 5) is 157. The smallest absolute Gasteiger partial charge is 0.263 e. The fraction of sp³-hybridized carbons (Fsp3) is 0.464. The van der Waals surface area contributed by atoms with E-state index in [4.69, 9.17) is 27.7 Å². The Bertz CT molecular complexity index is 7080. The topological polar surface area (TPSA) is 506 Å². The lowest BCUT2D eigenvalue weighted by atomic mass is 9.77. The molecule has 12 N–H and O–H groups in total. The number of ether oxygens (including phenoxy) is 1. The van der Waals surface area contributed by atoms with Crippen LogP contribution in [0.4, 0.5) is 104 Å². The van der Waals surface area contributed by atoms with E-state index < -0.39 is 70.2 Å². The zero-order chi connectivity index (χ0) is 105. The number of likely N-dealkylation sites (tertiary alicyclic amines) is 3. The number of rotatable bonds is 20. The van der Waals surface area contributed by atoms with Gasteiger partial charge in [0.1, 0.15) is 45.0 Å². The summed E-state index contributed by atoms with van der Waals surface area (Å²) in [5, 5.41) is 26.4. The zero-order valence-corrected chi connectivity index (χ0v) is 83.0. The number of nitrogen functional groups attached to an aromatic ring is 4. The van der Waals surface area contributed by atoms with Crippen molar-refractivity contribution in [2.75, 3.05) is 237 Å². The molecule has 2 unspecified atom stereocenters. The van der Waals surface area contributed by atoms with Crippen molar-refractivity contribution < 1.29 is 78.2 Å². The molecule has 0 saturated carbocycles. The molecule has 21 heterocycles. The van der Waals surface area contributed by atoms with Gasteiger partial charge in [-0.15, -0.1) is 20.4 Å². The second-order valence-corrected chi connectivity index (χ2v) is 40.2. The summed E-state index contributed by atoms with van der Waals surface area (Å²) >= 11 is 0. The highest BCUT2D eigenvalue weighted by Gasteiger charge is 2.52. The number of carbonyl (C=O) groups excluding carboxylic acids is 8. The first kappa shape index (κ1) is 103. The second kappa shape index (κ2) is 43.1. The van der Waals surface area contributed by atoms with E-state index in [-0.39, 0.29) is 172 Å². The predicted molar refractivity (Wildman–Crippen MR) is 533 cm³/mol. The zero-order valence-electron chi connectivity index (χ0n) is 83.0. The molecule has 12 aromatic heterocycles. The first-order valence-corrected chi connectivity index (χ1v) is 49.0. The van der Waals surface area contributed by atoms with Gasteiger partial charge in [-0.05, 0) is 118 Å². The molecule has 9 aliphatic heterocycles. The average Bonchev–Trinajstić information content (AvgIpc) is 1.71. The maximum absolute atomic E-state index is 15.0. The van der Waals surface area contributed by atoms with Crippen LogP contribution in [0.5, 0.6) is 0 Å². The number of hydrogen-bond donors (Lipinski definition) is 8. The van der Waals surface area contributed by atoms with Crippen LogP contribution in [0.3, 0.4) is 0 Å². The number of piperidine rings is 4. The number of anilines is 12. The van der Waals surface area contributed by atoms with Crippen molar-refractivity contribution in [1.82, 2.24) is 113 Å². The van der Waals surface area contributed by atoms with E-state index in [9.17, 15) is 64.7 Å². The molecule has 0 aliphatic carbocycles. The number of amides is 8. The Morgan fingerprint density at radius 3 is 0.980 bits per heavy atom. The third-order valence-electron chi connectivity index (χ3n) is 29.2. The van der Waals surface area contributed by atoms with Crippen LogP contribution in [-0.2, 0) is 23.9 Å². The predicted octanol–water partition coefficient (Wildman–Crippen LogP) is 6.66. The number of pyridine rings is 4. The fourth-order valence-corrected chi connectivity index (χ4v) is 21.2. The van der Waals surface area contributed by atoms with Gasteiger partial charge in [-0.1, -0.05) is 0 Å². The Morgan fingerprint density at radius 1 is 0.383 bits per heavy atom. The van der Waals surface area contributed by atoms with E-state index in [1.165, 1.54) is 24.8 Å². The van der Waals surface area contributed by atoms with Crippen LogP contribution in [-0.4, -0.2) is 338 Å². The molecule has 44 nitrogen and oxygen atoms in total. The van der Waals surface area contributed by atoms with Crippen LogP contribution in [0.1, 0.15) is 113 Å². The molecular weight excluding hydrogens is 1950 g/mol. The van der Waals surface area contributed by atoms with Crippen molar-refractivity contribution in [2.45, 2.75) is 77.2 Å². The van der Waals surface area contributed by atoms with E-state index in [1.807, 2.05) is 45.6 Å². The monoisotopic (exact) mass is 2070 g/mol. The summed E-state index contributed by atoms with van der Waals surface area (Å²) in [5.74, 6) is -7.01. The van der Waals surface area contributed by atoms with Gasteiger partial charge < -0.3 is 97.9 Å². The van der Waals surface area contributed by atoms with Crippen molar-refractivity contribution in [1.29, 1.82) is 0 Å². The Kier molecular flexibility index (Phi) is 30.0. The molecule has 9 aliphatic rings. The second-order valence-electron chi connectivity index (χ2n) is 40.2. The van der Waals surface area contributed by atoms with Gasteiger partial charge in [-0.25, -0.2) is 73.1 Å². The maximum atomic E-state index is 15.0. The number of carbonyl (C=O) groups is 8. The third-order valence-corrected chi connectivity index (χ3v) is 29.2. The molecule has 0 radical (unpaired) electrons. The fourth-order valence-electron chi connectivity index (χ4n) is 21.2. The number of fused-ring (bicyclic) bond motifs is 5. The van der Waals surface area contributed by atoms with Crippen LogP contribution >= 0.6 is 0 Å². The van der Waals surface area contributed by atoms with Gasteiger partial charge in [0.25, 0.3) is 23.6 Å². The summed E-state index contributed by atoms with van der Waals surface area (Å²) in [5.41, 5.74) is 25.1. The Balaban J connectivity index is 0.000000130. The highest BCUT2D eigenvalue weighted by molar-refractivity contribution is 6.15. The van der Waals surface area contributed by atoms with Gasteiger partial charge in [0.05, 0.1) is 141 Å². The molecule has 149 heavy (non-hydrogen) atoms. The first-order chi connectivity index (χ1) is 71.3. The largest absolute Gasteiger partial charge is 0.381 e. The normalized spacial score (nSPS) is 18.7. The lowest BCUT2D eigenvalue weighted by Crippen LogP contribution is -2.68. The van der Waals surface area contributed by atoms with Gasteiger partial charge in [0.2, 0.25) is 23.6 Å². The molecule has 9 saturated heterocycles. The maximum Gasteiger partial charge on any atom is 0.263 e. The first-order valence-electron chi connectivity index (χ1n) is 49.0. The van der Waals surface area contributed by atoms with Crippen molar-refractivity contribution in [3.8, 4) is 0 Å². The van der Waals surface area contributed by atoms with Gasteiger partial charge >= 0.3 is 0 Å². The van der Waals surface area contributed by atoms with Crippen LogP contribution in [0.15, 0.2) is 99.1 Å². The molecule has 8 amide bonds. The van der Waals surface area contributed by atoms with Crippen molar-refractivity contribution in [2.24, 2.45) is 40.9 Å². The summed E-state index contributed by atoms with van der Waals surface area (Å²) in [6, 6.07) is 0. The molecule has 0 aromatic carbocycles. The van der Waals surface area contributed by atoms with E-state index in [0.29, 0.717) is 135 Å². The number of nitrogens with one attached hydrogen (secondary N) is 4. The van der Waals surface area contributed by atoms with Crippen LogP contribution in [0, 0.1) is 87.5 Å². The highest BCUT2D eigenvalue weighted by Crippen LogP contribution is 2.44. The summed E-state index contributed by atoms with van der Waals surface area (Å²) in [6.45, 7) is 18.3. The summed E-state index contributed by atoms with van der Waals surface area (Å²) < 4.78 is 124. The van der Waals surface area contributed by atoms with Crippen molar-refractivity contribution in [3.05, 3.63) is 168 Å². The van der Waals surface area contributed by atoms with E-state index in [0.717, 1.165) is 164 Å². The van der Waals surface area contributed by atoms with Crippen molar-refractivity contribution in [3.63, 3.8) is 0 Å². The number of nitrogens with two attached hydrogens (primary N) is 4. The minimum atomic E-state index is -0.676. The minimum Gasteiger partial charge on any atom is -0.381 e. The number of halogens is 8. The number of aromatic nitrogens is 16. The third kappa shape index (κ3) is 22.0. The molecule has 0 bridgehead atoms. The molecule has 52 heteroatoms. The average molecular weight is 2070 g/mol. The molecule has 12 aromatic rings. The summed E-state index contributed by atoms with van der Waals surface area (Å²) in [7, 11) is 10.0. The molecule has 9 fully saturated rings. The van der Waals surface area contributed by atoms with Gasteiger partial charge in [-0.3, -0.25) is 63.2 Å². The number of hydrogen-bond acceptors (Lipinski definition) is 32. The lowest BCUT2D eigenvalue weighted by molar-refractivity contribution is -0.197. The standard InChI is InChI=1S/C25H29F2N9O2.C25H31F2N9O2.C24H31F2N9O2.C23H24F2N8O3/c1-33-9-15-11-35(12-16(15)10-33)25(38)14-2-4-34(5-3-14)21-18(27)7-29-8-19(21)31-24(37)20-22(28)32-36-13-17(26)6-30-23(20)36;1-25(2)14-35(9-8-33(25)3)24(38)15-4-6-34(7-5-15)20-17(27)11-29-12-18(20)31-23(37)19-21(28)32-36-13-16(26)10-30-22(19)36;1-32(2)7-4-8-33(3)24(37)15-5-9-34(10-6-15)20-17(26)12-28-13-18(20)30-23(36)19-21(27)31-35-14-16(25)11-29-22(19)35;24-14-5-28-20-17(19(26)30-33(20)8-14)21(34)29-16-7-27-6-15(25)18(16)31-3-1-13(2-4-31)22(35)32-9-23(10-32)11-36-12-23/h6-8,13-16H,2-5,9-12H2,1H3,(H2,28,32)(H,31,37);10-13,15H,4-9,14H2,1-3H3,(H2,28,32)(H,31,37);11-15H,4-10H2,1-3H3,(H2,27,31)(H,30,36);5-8,13H,1-4,9-12H2,(H2,26,30)(H,29,34). The minimum absolute atomic E-state index is 0.0499. The molecule has 2 atom stereocenters. The Labute approximate surface area is 848 Å². The van der Waals surface area contributed by atoms with Crippen LogP contribution in [0.2, 0.25) is 0 Å². The SMILES string of the molecule is CN(C)CCCN(C)C(=O)C1CCN(c2c(F)cncc2NC(=O)c2c(N)nn3cc(F)cnc23)CC1.CN1CC2CN(C(=O)C3CCN(c4c(F)cncc4NC(=O)c4c(N)nn5cc(F)cnc45)CC3)CC2C1.CN1CCN(C(=O)C2CCN(c3c(F)cncc3NC(=O)c3c(N)nn4cc(F)cnc34)CC2)CC1(C)C.Nc1nn2cc(F)cnc2c1C(=O)Nc1cncc(F)c1N1CCC(C(=O)N2CC3(COC3)C2)CC1. The Morgan fingerprint density at radius 2 is 0.685 bits per heavy atom. The highest BCUT2D eigenvalue weighted by atomic mass is 19.2. The van der Waals surface area contributed by atoms with Crippen molar-refractivity contribution >= 4 is 139 Å². The number of piperazine rings is 1. The number of nitrogens with zero attached hydrogens (tertiary/aromatic N) is 27. The number of likely N-dealkylation sites (N-methyl/N-ethyl adjacent to an activating group) is 1. The Hall–Kier alpha value is -15.5. The summed E-state index contributed by atoms with van der Waals surface area (Å²) in [6.07, 6.45) is 23.3. The van der Waals surface area contributed by atoms with Crippen LogP contribution < -0.4 is 63.8 Å². The molecule has 21 rings (SSSR count). The van der Waals surface area contributed by atoms with Crippen LogP contribution in [0.25, 0.3) is 22.6 Å². The quantitative estimate of drug-likeness (QED) is 0.0370. The molecule has 788 valence electrons. The van der Waals surface area contributed by atoms with Gasteiger partial charge in [0.15, 0.2) is 92.4 Å². The van der Waals surface area contributed by atoms with E-state index in [2.05, 4.69) is 124 Å². The van der Waals surface area contributed by atoms with Gasteiger partial charge in [-0.2, -0.15) is 0 Å². The van der Waals surface area contributed by atoms with E-state index in [1.54, 1.807) is 14.7 Å².